The van der Waals surface area contributed by atoms with Gasteiger partial charge in [0.1, 0.15) is 6.10 Å². The summed E-state index contributed by atoms with van der Waals surface area (Å²) in [6.07, 6.45) is 2.41. The number of fused-ring (bicyclic) bond motifs is 1. The number of benzene rings is 1. The number of allylic oxidation sites excluding steroid dienone is 1. The van der Waals surface area contributed by atoms with E-state index in [9.17, 15) is 20.1 Å². The zero-order valence-electron chi connectivity index (χ0n) is 10.8. The number of carbonyl (C=O) groups is 1. The van der Waals surface area contributed by atoms with Gasteiger partial charge in [0.05, 0.1) is 23.9 Å². The topological polar surface area (TPSA) is 87.0 Å². The molecule has 0 spiro atoms. The molecule has 106 valence electrons. The van der Waals surface area contributed by atoms with Crippen LogP contribution in [0.1, 0.15) is 24.8 Å². The number of aliphatic hydroxyl groups excluding tert-OH is 1. The van der Waals surface area contributed by atoms with Crippen molar-refractivity contribution in [3.63, 3.8) is 0 Å². The number of hydrogen-bond acceptors (Lipinski definition) is 5. The summed E-state index contributed by atoms with van der Waals surface area (Å²) in [5, 5.41) is 28.4. The number of ether oxygens (including phenoxy) is 1. The van der Waals surface area contributed by atoms with E-state index >= 15 is 0 Å². The van der Waals surface area contributed by atoms with E-state index in [-0.39, 0.29) is 29.3 Å². The standard InChI is InChI=1S/C15H16O5/c16-9-2-3-10-14(6-9)20-7-11(15(10)19)8-1-4-12(17)13(18)5-8/h1,4-5,7,9-10,14,16-18H,2-3,6H2. The molecule has 3 atom stereocenters. The van der Waals surface area contributed by atoms with Crippen molar-refractivity contribution in [1.29, 1.82) is 0 Å². The SMILES string of the molecule is O=C1C(c2ccc(O)c(O)c2)=COC2CC(O)CCC12. The predicted octanol–water partition coefficient (Wildman–Crippen LogP) is 1.57. The van der Waals surface area contributed by atoms with Crippen molar-refractivity contribution in [3.05, 3.63) is 30.0 Å². The third-order valence-electron chi connectivity index (χ3n) is 4.01. The highest BCUT2D eigenvalue weighted by molar-refractivity contribution is 6.22. The fraction of sp³-hybridized carbons (Fsp3) is 0.400. The summed E-state index contributed by atoms with van der Waals surface area (Å²) in [5.41, 5.74) is 0.924. The molecule has 1 fully saturated rings. The number of hydrogen-bond donors (Lipinski definition) is 3. The van der Waals surface area contributed by atoms with Crippen molar-refractivity contribution in [2.75, 3.05) is 0 Å². The molecule has 1 heterocycles. The van der Waals surface area contributed by atoms with Gasteiger partial charge in [0, 0.05) is 6.42 Å². The van der Waals surface area contributed by atoms with Crippen LogP contribution in [0.15, 0.2) is 24.5 Å². The second kappa shape index (κ2) is 4.83. The van der Waals surface area contributed by atoms with Gasteiger partial charge in [-0.3, -0.25) is 4.79 Å². The number of ketones is 1. The maximum atomic E-state index is 12.5. The first kappa shape index (κ1) is 13.0. The first-order valence-corrected chi connectivity index (χ1v) is 6.66. The second-order valence-electron chi connectivity index (χ2n) is 5.35. The van der Waals surface area contributed by atoms with Gasteiger partial charge >= 0.3 is 0 Å². The van der Waals surface area contributed by atoms with Crippen LogP contribution in [-0.2, 0) is 9.53 Å². The fourth-order valence-corrected chi connectivity index (χ4v) is 2.87. The van der Waals surface area contributed by atoms with Crippen LogP contribution in [0.3, 0.4) is 0 Å². The first-order valence-electron chi connectivity index (χ1n) is 6.66. The molecule has 3 rings (SSSR count). The van der Waals surface area contributed by atoms with Crippen molar-refractivity contribution in [2.24, 2.45) is 5.92 Å². The van der Waals surface area contributed by atoms with E-state index in [1.165, 1.54) is 18.4 Å². The molecule has 1 aliphatic heterocycles. The third kappa shape index (κ3) is 2.14. The molecule has 3 N–H and O–H groups in total. The number of aliphatic hydroxyl groups is 1. The van der Waals surface area contributed by atoms with Gasteiger partial charge in [0.2, 0.25) is 0 Å². The monoisotopic (exact) mass is 276 g/mol. The molecule has 0 radical (unpaired) electrons. The van der Waals surface area contributed by atoms with E-state index in [4.69, 9.17) is 4.74 Å². The highest BCUT2D eigenvalue weighted by Gasteiger charge is 2.39. The Morgan fingerprint density at radius 2 is 1.95 bits per heavy atom. The fourth-order valence-electron chi connectivity index (χ4n) is 2.87. The number of phenols is 2. The van der Waals surface area contributed by atoms with Gasteiger partial charge in [-0.15, -0.1) is 0 Å². The lowest BCUT2D eigenvalue weighted by Crippen LogP contribution is -2.40. The normalized spacial score (nSPS) is 29.4. The van der Waals surface area contributed by atoms with Crippen molar-refractivity contribution in [3.8, 4) is 11.5 Å². The van der Waals surface area contributed by atoms with E-state index in [0.717, 1.165) is 0 Å². The van der Waals surface area contributed by atoms with Crippen LogP contribution in [0.2, 0.25) is 0 Å². The Balaban J connectivity index is 1.91. The average molecular weight is 276 g/mol. The highest BCUT2D eigenvalue weighted by Crippen LogP contribution is 2.37. The van der Waals surface area contributed by atoms with Crippen molar-refractivity contribution in [2.45, 2.75) is 31.5 Å². The Labute approximate surface area is 116 Å². The Morgan fingerprint density at radius 3 is 2.70 bits per heavy atom. The number of rotatable bonds is 1. The molecule has 0 bridgehead atoms. The summed E-state index contributed by atoms with van der Waals surface area (Å²) >= 11 is 0. The molecule has 1 aromatic carbocycles. The average Bonchev–Trinajstić information content (AvgIpc) is 2.42. The van der Waals surface area contributed by atoms with Gasteiger partial charge in [0.25, 0.3) is 0 Å². The molecule has 0 amide bonds. The summed E-state index contributed by atoms with van der Waals surface area (Å²) in [6, 6.07) is 4.26. The Bertz CT molecular complexity index is 578. The number of aromatic hydroxyl groups is 2. The van der Waals surface area contributed by atoms with Gasteiger partial charge in [-0.05, 0) is 30.5 Å². The summed E-state index contributed by atoms with van der Waals surface area (Å²) in [5.74, 6) is -0.762. The van der Waals surface area contributed by atoms with E-state index in [1.54, 1.807) is 6.07 Å². The Hall–Kier alpha value is -2.01. The van der Waals surface area contributed by atoms with Crippen LogP contribution in [0.4, 0.5) is 0 Å². The number of phenolic OH excluding ortho intramolecular Hbond substituents is 2. The molecule has 20 heavy (non-hydrogen) atoms. The molecule has 1 aliphatic carbocycles. The molecule has 0 saturated heterocycles. The molecule has 1 saturated carbocycles. The largest absolute Gasteiger partial charge is 0.504 e. The summed E-state index contributed by atoms with van der Waals surface area (Å²) < 4.78 is 5.57. The van der Waals surface area contributed by atoms with Crippen molar-refractivity contribution < 1.29 is 24.9 Å². The molecule has 5 nitrogen and oxygen atoms in total. The van der Waals surface area contributed by atoms with Crippen molar-refractivity contribution in [1.82, 2.24) is 0 Å². The molecule has 0 aromatic heterocycles. The van der Waals surface area contributed by atoms with E-state index in [0.29, 0.717) is 30.4 Å². The maximum Gasteiger partial charge on any atom is 0.173 e. The van der Waals surface area contributed by atoms with E-state index in [2.05, 4.69) is 0 Å². The zero-order chi connectivity index (χ0) is 14.3. The Kier molecular flexibility index (Phi) is 3.14. The zero-order valence-corrected chi connectivity index (χ0v) is 10.8. The van der Waals surface area contributed by atoms with Crippen LogP contribution in [-0.4, -0.2) is 33.3 Å². The Morgan fingerprint density at radius 1 is 1.15 bits per heavy atom. The molecular weight excluding hydrogens is 260 g/mol. The molecule has 1 aromatic rings. The van der Waals surface area contributed by atoms with Crippen LogP contribution in [0.5, 0.6) is 11.5 Å². The first-order chi connectivity index (χ1) is 9.56. The van der Waals surface area contributed by atoms with Crippen LogP contribution in [0, 0.1) is 5.92 Å². The van der Waals surface area contributed by atoms with Gasteiger partial charge in [-0.2, -0.15) is 0 Å². The van der Waals surface area contributed by atoms with Gasteiger partial charge in [-0.1, -0.05) is 6.07 Å². The van der Waals surface area contributed by atoms with Crippen LogP contribution < -0.4 is 0 Å². The summed E-state index contributed by atoms with van der Waals surface area (Å²) in [4.78, 5) is 12.5. The summed E-state index contributed by atoms with van der Waals surface area (Å²) in [7, 11) is 0. The van der Waals surface area contributed by atoms with E-state index < -0.39 is 6.10 Å². The number of Topliss-reactive ketones (excluding diaryl/α,β-unsaturated/α-hetero) is 1. The lowest BCUT2D eigenvalue weighted by Gasteiger charge is -2.36. The lowest BCUT2D eigenvalue weighted by atomic mass is 9.78. The molecule has 2 aliphatic rings. The maximum absolute atomic E-state index is 12.5. The molecule has 5 heteroatoms. The van der Waals surface area contributed by atoms with E-state index in [1.807, 2.05) is 0 Å². The van der Waals surface area contributed by atoms with Gasteiger partial charge < -0.3 is 20.1 Å². The predicted molar refractivity (Wildman–Crippen MR) is 71.0 cm³/mol. The second-order valence-corrected chi connectivity index (χ2v) is 5.35. The smallest absolute Gasteiger partial charge is 0.173 e. The van der Waals surface area contributed by atoms with Gasteiger partial charge in [-0.25, -0.2) is 0 Å². The van der Waals surface area contributed by atoms with Gasteiger partial charge in [0.15, 0.2) is 17.3 Å². The van der Waals surface area contributed by atoms with Crippen molar-refractivity contribution >= 4 is 11.4 Å². The minimum Gasteiger partial charge on any atom is -0.504 e. The van der Waals surface area contributed by atoms with Crippen LogP contribution in [0.25, 0.3) is 5.57 Å². The quantitative estimate of drug-likeness (QED) is 0.678. The van der Waals surface area contributed by atoms with Crippen LogP contribution >= 0.6 is 0 Å². The minimum absolute atomic E-state index is 0.0294. The molecular formula is C15H16O5. The lowest BCUT2D eigenvalue weighted by molar-refractivity contribution is -0.126. The molecule has 3 unspecified atom stereocenters. The number of carbonyl (C=O) groups excluding carboxylic acids is 1. The summed E-state index contributed by atoms with van der Waals surface area (Å²) in [6.45, 7) is 0. The highest BCUT2D eigenvalue weighted by atomic mass is 16.5. The third-order valence-corrected chi connectivity index (χ3v) is 4.01. The minimum atomic E-state index is -0.406.